The molecule has 30 heavy (non-hydrogen) atoms. The number of anilines is 2. The number of ether oxygens (including phenoxy) is 1. The number of nitrogens with zero attached hydrogens (tertiary/aromatic N) is 3. The number of urea groups is 1. The lowest BCUT2D eigenvalue weighted by atomic mass is 10.0. The average Bonchev–Trinajstić information content (AvgIpc) is 2.72. The maximum absolute atomic E-state index is 12.8. The van der Waals surface area contributed by atoms with E-state index < -0.39 is 10.2 Å². The molecule has 10 nitrogen and oxygen atoms in total. The van der Waals surface area contributed by atoms with E-state index in [9.17, 15) is 13.2 Å². The zero-order chi connectivity index (χ0) is 21.1. The van der Waals surface area contributed by atoms with Crippen LogP contribution in [-0.4, -0.2) is 49.4 Å². The molecule has 3 heterocycles. The van der Waals surface area contributed by atoms with E-state index in [0.29, 0.717) is 29.2 Å². The van der Waals surface area contributed by atoms with Crippen LogP contribution in [0.3, 0.4) is 0 Å². The third kappa shape index (κ3) is 4.30. The van der Waals surface area contributed by atoms with Gasteiger partial charge in [-0.15, -0.1) is 4.40 Å². The van der Waals surface area contributed by atoms with E-state index in [1.807, 2.05) is 0 Å². The second-order valence-corrected chi connectivity index (χ2v) is 8.39. The van der Waals surface area contributed by atoms with Crippen LogP contribution >= 0.6 is 0 Å². The highest BCUT2D eigenvalue weighted by atomic mass is 32.2. The van der Waals surface area contributed by atoms with Crippen LogP contribution in [0.2, 0.25) is 0 Å². The number of nitrogens with two attached hydrogens (primary N) is 1. The molecular weight excluding hydrogens is 408 g/mol. The molecule has 1 unspecified atom stereocenters. The van der Waals surface area contributed by atoms with Crippen molar-refractivity contribution in [2.75, 3.05) is 23.2 Å². The predicted octanol–water partition coefficient (Wildman–Crippen LogP) is 1.92. The van der Waals surface area contributed by atoms with E-state index >= 15 is 0 Å². The average molecular weight is 430 g/mol. The first-order chi connectivity index (χ1) is 14.4. The van der Waals surface area contributed by atoms with Crippen LogP contribution < -0.4 is 20.5 Å². The molecule has 0 bridgehead atoms. The summed E-state index contributed by atoms with van der Waals surface area (Å²) in [5, 5.41) is 2.88. The summed E-state index contributed by atoms with van der Waals surface area (Å²) in [5.74, 6) is 0.284. The van der Waals surface area contributed by atoms with Gasteiger partial charge in [0.2, 0.25) is 0 Å². The molecule has 158 valence electrons. The Morgan fingerprint density at radius 3 is 2.87 bits per heavy atom. The zero-order valence-electron chi connectivity index (χ0n) is 16.1. The maximum atomic E-state index is 12.8. The van der Waals surface area contributed by atoms with Crippen molar-refractivity contribution in [1.29, 1.82) is 0 Å². The number of amidine groups is 1. The van der Waals surface area contributed by atoms with Gasteiger partial charge in [-0.1, -0.05) is 6.07 Å². The van der Waals surface area contributed by atoms with Gasteiger partial charge < -0.3 is 20.7 Å². The van der Waals surface area contributed by atoms with Gasteiger partial charge in [-0.3, -0.25) is 9.71 Å². The van der Waals surface area contributed by atoms with Gasteiger partial charge in [-0.25, -0.2) is 4.79 Å². The van der Waals surface area contributed by atoms with Crippen molar-refractivity contribution in [2.45, 2.75) is 25.3 Å². The van der Waals surface area contributed by atoms with Crippen LogP contribution in [0.25, 0.3) is 0 Å². The number of benzene rings is 1. The van der Waals surface area contributed by atoms with E-state index in [-0.39, 0.29) is 24.5 Å². The second-order valence-electron chi connectivity index (χ2n) is 7.05. The first-order valence-electron chi connectivity index (χ1n) is 9.55. The number of hydrogen-bond acceptors (Lipinski definition) is 6. The van der Waals surface area contributed by atoms with Gasteiger partial charge in [0, 0.05) is 24.6 Å². The molecule has 1 atom stereocenters. The van der Waals surface area contributed by atoms with Crippen molar-refractivity contribution in [1.82, 2.24) is 9.88 Å². The monoisotopic (exact) mass is 430 g/mol. The maximum Gasteiger partial charge on any atom is 0.344 e. The number of aromatic nitrogens is 1. The molecule has 0 saturated carbocycles. The first kappa shape index (κ1) is 20.0. The molecule has 1 aromatic carbocycles. The SMILES string of the molecule is NC1=NS(=O)(=O)Nc2cccc(OCC3CCCCN3C(=O)Nc3ccncc3)c21. The summed E-state index contributed by atoms with van der Waals surface area (Å²) in [6.07, 6.45) is 5.94. The van der Waals surface area contributed by atoms with E-state index in [1.165, 1.54) is 0 Å². The molecule has 2 aliphatic rings. The number of amides is 2. The van der Waals surface area contributed by atoms with Crippen molar-refractivity contribution >= 4 is 33.5 Å². The van der Waals surface area contributed by atoms with Gasteiger partial charge in [0.25, 0.3) is 0 Å². The Hall–Kier alpha value is -3.34. The highest BCUT2D eigenvalue weighted by molar-refractivity contribution is 7.91. The van der Waals surface area contributed by atoms with Crippen molar-refractivity contribution in [2.24, 2.45) is 10.1 Å². The summed E-state index contributed by atoms with van der Waals surface area (Å²) in [6, 6.07) is 8.10. The Morgan fingerprint density at radius 2 is 2.07 bits per heavy atom. The molecule has 4 N–H and O–H groups in total. The smallest absolute Gasteiger partial charge is 0.344 e. The van der Waals surface area contributed by atoms with Crippen molar-refractivity contribution in [3.8, 4) is 5.75 Å². The van der Waals surface area contributed by atoms with Crippen LogP contribution in [0.4, 0.5) is 16.2 Å². The Labute approximate surface area is 174 Å². The van der Waals surface area contributed by atoms with Gasteiger partial charge in [0.05, 0.1) is 17.3 Å². The van der Waals surface area contributed by atoms with Crippen LogP contribution in [0, 0.1) is 0 Å². The highest BCUT2D eigenvalue weighted by Crippen LogP contribution is 2.31. The standard InChI is InChI=1S/C19H22N6O4S/c20-18-17-15(23-30(27,28)24-18)5-3-6-16(17)29-12-14-4-1-2-11-25(14)19(26)22-13-7-9-21-10-8-13/h3,5-10,14,23H,1-2,4,11-12H2,(H2,20,24)(H,21,22,26). The lowest BCUT2D eigenvalue weighted by molar-refractivity contribution is 0.124. The van der Waals surface area contributed by atoms with Crippen molar-refractivity contribution in [3.63, 3.8) is 0 Å². The number of fused-ring (bicyclic) bond motifs is 1. The van der Waals surface area contributed by atoms with Crippen LogP contribution in [0.5, 0.6) is 5.75 Å². The van der Waals surface area contributed by atoms with E-state index in [2.05, 4.69) is 19.4 Å². The number of nitrogens with one attached hydrogen (secondary N) is 2. The number of piperidine rings is 1. The highest BCUT2D eigenvalue weighted by Gasteiger charge is 2.29. The number of pyridine rings is 1. The Balaban J connectivity index is 1.48. The zero-order valence-corrected chi connectivity index (χ0v) is 16.9. The Kier molecular flexibility index (Phi) is 5.44. The van der Waals surface area contributed by atoms with Crippen LogP contribution in [0.1, 0.15) is 24.8 Å². The fraction of sp³-hybridized carbons (Fsp3) is 0.316. The number of hydrogen-bond donors (Lipinski definition) is 3. The molecule has 0 aliphatic carbocycles. The number of carbonyl (C=O) groups excluding carboxylic acids is 1. The lowest BCUT2D eigenvalue weighted by Crippen LogP contribution is -2.48. The van der Waals surface area contributed by atoms with Gasteiger partial charge in [-0.05, 0) is 43.5 Å². The normalized spacial score (nSPS) is 19.8. The van der Waals surface area contributed by atoms with Crippen molar-refractivity contribution in [3.05, 3.63) is 48.3 Å². The predicted molar refractivity (Wildman–Crippen MR) is 113 cm³/mol. The van der Waals surface area contributed by atoms with E-state index in [4.69, 9.17) is 10.5 Å². The molecule has 2 aromatic rings. The van der Waals surface area contributed by atoms with Gasteiger partial charge in [0.1, 0.15) is 12.4 Å². The van der Waals surface area contributed by atoms with Gasteiger partial charge >= 0.3 is 16.2 Å². The minimum absolute atomic E-state index is 0.129. The number of carbonyl (C=O) groups is 1. The molecule has 4 rings (SSSR count). The molecule has 2 aliphatic heterocycles. The Bertz CT molecular complexity index is 1070. The fourth-order valence-electron chi connectivity index (χ4n) is 3.60. The van der Waals surface area contributed by atoms with Crippen molar-refractivity contribution < 1.29 is 17.9 Å². The summed E-state index contributed by atoms with van der Waals surface area (Å²) < 4.78 is 35.3. The van der Waals surface area contributed by atoms with Crippen LogP contribution in [0.15, 0.2) is 47.1 Å². The van der Waals surface area contributed by atoms with Gasteiger partial charge in [0.15, 0.2) is 5.84 Å². The second kappa shape index (κ2) is 8.19. The summed E-state index contributed by atoms with van der Waals surface area (Å²) in [5.41, 5.74) is 7.25. The summed E-state index contributed by atoms with van der Waals surface area (Å²) in [7, 11) is -3.86. The van der Waals surface area contributed by atoms with Crippen LogP contribution in [-0.2, 0) is 10.2 Å². The molecule has 0 radical (unpaired) electrons. The molecule has 11 heteroatoms. The molecule has 1 saturated heterocycles. The topological polar surface area (TPSA) is 139 Å². The summed E-state index contributed by atoms with van der Waals surface area (Å²) in [4.78, 5) is 18.5. The Morgan fingerprint density at radius 1 is 1.27 bits per heavy atom. The molecule has 1 fully saturated rings. The lowest BCUT2D eigenvalue weighted by Gasteiger charge is -2.35. The van der Waals surface area contributed by atoms with E-state index in [1.54, 1.807) is 47.6 Å². The first-order valence-corrected chi connectivity index (χ1v) is 11.0. The summed E-state index contributed by atoms with van der Waals surface area (Å²) in [6.45, 7) is 0.876. The summed E-state index contributed by atoms with van der Waals surface area (Å²) >= 11 is 0. The van der Waals surface area contributed by atoms with E-state index in [0.717, 1.165) is 19.3 Å². The minimum atomic E-state index is -3.86. The number of rotatable bonds is 4. The quantitative estimate of drug-likeness (QED) is 0.677. The fourth-order valence-corrected chi connectivity index (χ4v) is 4.44. The molecule has 2 amide bonds. The third-order valence-electron chi connectivity index (χ3n) is 4.99. The molecular formula is C19H22N6O4S. The third-order valence-corrected chi connectivity index (χ3v) is 5.91. The largest absolute Gasteiger partial charge is 0.491 e. The molecule has 1 aromatic heterocycles. The van der Waals surface area contributed by atoms with Gasteiger partial charge in [-0.2, -0.15) is 8.42 Å². The molecule has 0 spiro atoms. The number of likely N-dealkylation sites (tertiary alicyclic amines) is 1. The minimum Gasteiger partial charge on any atom is -0.491 e.